The number of anilines is 1. The van der Waals surface area contributed by atoms with E-state index >= 15 is 0 Å². The molecule has 196 valence electrons. The molecule has 2 aromatic carbocycles. The van der Waals surface area contributed by atoms with E-state index in [2.05, 4.69) is 15.0 Å². The summed E-state index contributed by atoms with van der Waals surface area (Å²) in [5.41, 5.74) is 3.67. The highest BCUT2D eigenvalue weighted by Gasteiger charge is 2.43. The molecule has 1 N–H and O–H groups in total. The van der Waals surface area contributed by atoms with Crippen LogP contribution in [0.1, 0.15) is 53.3 Å². The van der Waals surface area contributed by atoms with Crippen LogP contribution in [0.5, 0.6) is 0 Å². The van der Waals surface area contributed by atoms with E-state index in [1.807, 2.05) is 18.2 Å². The van der Waals surface area contributed by atoms with Crippen LogP contribution in [0.2, 0.25) is 10.0 Å². The van der Waals surface area contributed by atoms with Crippen LogP contribution in [0.3, 0.4) is 0 Å². The monoisotopic (exact) mass is 553 g/mol. The maximum absolute atomic E-state index is 11.3. The number of fused-ring (bicyclic) bond motifs is 2. The minimum atomic E-state index is -0.982. The van der Waals surface area contributed by atoms with Crippen molar-refractivity contribution in [2.24, 2.45) is 11.8 Å². The first-order chi connectivity index (χ1) is 18.4. The van der Waals surface area contributed by atoms with E-state index in [1.54, 1.807) is 12.1 Å². The number of hydrogen-bond acceptors (Lipinski definition) is 7. The van der Waals surface area contributed by atoms with Crippen molar-refractivity contribution < 1.29 is 23.6 Å². The number of nitrogens with zero attached hydrogens (tertiary/aromatic N) is 3. The van der Waals surface area contributed by atoms with Crippen LogP contribution < -0.4 is 4.90 Å². The number of aromatic nitrogens is 2. The van der Waals surface area contributed by atoms with Crippen molar-refractivity contribution >= 4 is 46.3 Å². The Labute approximate surface area is 228 Å². The first-order valence-electron chi connectivity index (χ1n) is 12.9. The minimum absolute atomic E-state index is 0.144. The summed E-state index contributed by atoms with van der Waals surface area (Å²) in [6, 6.07) is 10.8. The number of carboxylic acid groups (broad SMARTS) is 1. The molecule has 0 amide bonds. The van der Waals surface area contributed by atoms with Gasteiger partial charge in [-0.05, 0) is 67.9 Å². The summed E-state index contributed by atoms with van der Waals surface area (Å²) in [5, 5.41) is 14.7. The summed E-state index contributed by atoms with van der Waals surface area (Å²) >= 11 is 13.0. The van der Waals surface area contributed by atoms with Gasteiger partial charge in [-0.3, -0.25) is 0 Å². The Hall–Kier alpha value is -3.07. The van der Waals surface area contributed by atoms with Crippen LogP contribution in [0.25, 0.3) is 22.4 Å². The lowest BCUT2D eigenvalue weighted by Gasteiger charge is -2.18. The van der Waals surface area contributed by atoms with Gasteiger partial charge in [-0.25, -0.2) is 4.79 Å². The molecule has 4 aromatic rings. The van der Waals surface area contributed by atoms with Crippen LogP contribution in [-0.4, -0.2) is 40.4 Å². The molecule has 38 heavy (non-hydrogen) atoms. The van der Waals surface area contributed by atoms with Crippen molar-refractivity contribution in [3.63, 3.8) is 0 Å². The first kappa shape index (κ1) is 24.0. The van der Waals surface area contributed by atoms with E-state index in [0.29, 0.717) is 62.8 Å². The quantitative estimate of drug-likeness (QED) is 0.266. The number of benzene rings is 2. The molecule has 7 rings (SSSR count). The number of oxazole rings is 1. The van der Waals surface area contributed by atoms with Gasteiger partial charge in [0.25, 0.3) is 6.01 Å². The molecular formula is C28H25Cl2N3O5. The maximum Gasteiger partial charge on any atom is 0.335 e. The average molecular weight is 554 g/mol. The van der Waals surface area contributed by atoms with Crippen molar-refractivity contribution in [2.75, 3.05) is 18.0 Å². The normalized spacial score (nSPS) is 22.9. The molecule has 2 saturated carbocycles. The minimum Gasteiger partial charge on any atom is -0.478 e. The van der Waals surface area contributed by atoms with E-state index < -0.39 is 5.97 Å². The molecule has 3 fully saturated rings. The molecule has 1 aliphatic heterocycles. The Balaban J connectivity index is 1.03. The molecular weight excluding hydrogens is 529 g/mol. The fourth-order valence-corrected chi connectivity index (χ4v) is 6.54. The largest absolute Gasteiger partial charge is 0.478 e. The van der Waals surface area contributed by atoms with Gasteiger partial charge >= 0.3 is 5.97 Å². The molecule has 3 heterocycles. The maximum atomic E-state index is 11.3. The number of carboxylic acids is 1. The summed E-state index contributed by atoms with van der Waals surface area (Å²) in [7, 11) is 0. The van der Waals surface area contributed by atoms with Gasteiger partial charge in [0.2, 0.25) is 0 Å². The molecule has 0 radical (unpaired) electrons. The number of ether oxygens (including phenoxy) is 1. The van der Waals surface area contributed by atoms with E-state index in [0.717, 1.165) is 50.1 Å². The highest BCUT2D eigenvalue weighted by Crippen LogP contribution is 2.47. The Morgan fingerprint density at radius 3 is 2.53 bits per heavy atom. The number of hydrogen-bond donors (Lipinski definition) is 1. The fourth-order valence-electron chi connectivity index (χ4n) is 5.97. The standard InChI is InChI=1S/C28H25Cl2N3O5/c29-20-2-1-3-21(30)24(20)25-19(26(38-32-25)14-4-5-14)13-36-18-8-16-11-33(12-17(16)9-18)28-31-22-7-6-15(27(34)35)10-23(22)37-28/h1-3,6-7,10,14,16-18H,4-5,8-9,11-13H2,(H,34,35)/t16-,17+,18?. The lowest BCUT2D eigenvalue weighted by Crippen LogP contribution is -2.23. The summed E-state index contributed by atoms with van der Waals surface area (Å²) < 4.78 is 18.2. The predicted molar refractivity (Wildman–Crippen MR) is 142 cm³/mol. The van der Waals surface area contributed by atoms with Gasteiger partial charge in [0.05, 0.1) is 28.3 Å². The number of carbonyl (C=O) groups is 1. The smallest absolute Gasteiger partial charge is 0.335 e. The third kappa shape index (κ3) is 4.25. The topological polar surface area (TPSA) is 102 Å². The third-order valence-electron chi connectivity index (χ3n) is 8.03. The molecule has 2 aromatic heterocycles. The molecule has 3 aliphatic rings. The summed E-state index contributed by atoms with van der Waals surface area (Å²) in [6.07, 6.45) is 4.24. The fraction of sp³-hybridized carbons (Fsp3) is 0.393. The summed E-state index contributed by atoms with van der Waals surface area (Å²) in [5.74, 6) is 1.25. The van der Waals surface area contributed by atoms with Crippen LogP contribution in [-0.2, 0) is 11.3 Å². The molecule has 0 spiro atoms. The van der Waals surface area contributed by atoms with Gasteiger partial charge in [0, 0.05) is 30.1 Å². The lowest BCUT2D eigenvalue weighted by atomic mass is 10.0. The average Bonchev–Trinajstić information content (AvgIpc) is 3.19. The summed E-state index contributed by atoms with van der Waals surface area (Å²) in [4.78, 5) is 18.0. The Bertz CT molecular complexity index is 1510. The molecule has 1 saturated heterocycles. The van der Waals surface area contributed by atoms with Gasteiger partial charge in [0.1, 0.15) is 17.0 Å². The zero-order chi connectivity index (χ0) is 26.0. The molecule has 10 heteroatoms. The number of aromatic carboxylic acids is 1. The van der Waals surface area contributed by atoms with Crippen molar-refractivity contribution in [1.82, 2.24) is 10.1 Å². The Morgan fingerprint density at radius 1 is 1.11 bits per heavy atom. The lowest BCUT2D eigenvalue weighted by molar-refractivity contribution is 0.0402. The number of halogens is 2. The van der Waals surface area contributed by atoms with Crippen molar-refractivity contribution in [1.29, 1.82) is 0 Å². The van der Waals surface area contributed by atoms with E-state index in [9.17, 15) is 9.90 Å². The van der Waals surface area contributed by atoms with Crippen molar-refractivity contribution in [3.8, 4) is 11.3 Å². The van der Waals surface area contributed by atoms with Crippen molar-refractivity contribution in [2.45, 2.75) is 44.3 Å². The third-order valence-corrected chi connectivity index (χ3v) is 8.66. The highest BCUT2D eigenvalue weighted by molar-refractivity contribution is 6.39. The van der Waals surface area contributed by atoms with E-state index in [4.69, 9.17) is 36.9 Å². The van der Waals surface area contributed by atoms with Gasteiger partial charge in [0.15, 0.2) is 5.58 Å². The van der Waals surface area contributed by atoms with Crippen LogP contribution in [0.4, 0.5) is 6.01 Å². The van der Waals surface area contributed by atoms with E-state index in [-0.39, 0.29) is 11.7 Å². The second kappa shape index (κ2) is 9.29. The molecule has 2 aliphatic carbocycles. The van der Waals surface area contributed by atoms with Crippen molar-refractivity contribution in [3.05, 3.63) is 63.3 Å². The van der Waals surface area contributed by atoms with E-state index in [1.165, 1.54) is 6.07 Å². The highest BCUT2D eigenvalue weighted by atomic mass is 35.5. The van der Waals surface area contributed by atoms with Gasteiger partial charge in [-0.1, -0.05) is 34.4 Å². The second-order valence-electron chi connectivity index (χ2n) is 10.6. The SMILES string of the molecule is O=C(O)c1ccc2nc(N3C[C@H]4CC(OCc5c(-c6c(Cl)cccc6Cl)noc5C5CC5)C[C@H]4C3)oc2c1. The van der Waals surface area contributed by atoms with Crippen LogP contribution in [0, 0.1) is 11.8 Å². The predicted octanol–water partition coefficient (Wildman–Crippen LogP) is 6.80. The zero-order valence-corrected chi connectivity index (χ0v) is 21.9. The summed E-state index contributed by atoms with van der Waals surface area (Å²) in [6.45, 7) is 2.09. The Morgan fingerprint density at radius 2 is 1.84 bits per heavy atom. The molecule has 1 unspecified atom stereocenters. The van der Waals surface area contributed by atoms with Crippen LogP contribution in [0.15, 0.2) is 45.3 Å². The molecule has 3 atom stereocenters. The van der Waals surface area contributed by atoms with Crippen LogP contribution >= 0.6 is 23.2 Å². The molecule has 0 bridgehead atoms. The first-order valence-corrected chi connectivity index (χ1v) is 13.6. The molecule has 8 nitrogen and oxygen atoms in total. The van der Waals surface area contributed by atoms with Gasteiger partial charge in [-0.2, -0.15) is 4.98 Å². The zero-order valence-electron chi connectivity index (χ0n) is 20.4. The van der Waals surface area contributed by atoms with Gasteiger partial charge in [-0.15, -0.1) is 0 Å². The van der Waals surface area contributed by atoms with Gasteiger partial charge < -0.3 is 23.7 Å². The Kier molecular flexibility index (Phi) is 5.87. The second-order valence-corrected chi connectivity index (χ2v) is 11.4. The number of rotatable bonds is 7.